The van der Waals surface area contributed by atoms with Gasteiger partial charge in [-0.15, -0.1) is 0 Å². The minimum absolute atomic E-state index is 0.0626. The maximum Gasteiger partial charge on any atom is 0.222 e. The Balaban J connectivity index is 1.70. The largest absolute Gasteiger partial charge is 0.386 e. The molecule has 1 atom stereocenters. The monoisotopic (exact) mass is 371 g/mol. The maximum absolute atomic E-state index is 12.3. The second-order valence-corrected chi connectivity index (χ2v) is 7.47. The molecule has 1 aliphatic heterocycles. The van der Waals surface area contributed by atoms with Gasteiger partial charge in [-0.3, -0.25) is 14.8 Å². The minimum Gasteiger partial charge on any atom is -0.386 e. The summed E-state index contributed by atoms with van der Waals surface area (Å²) in [5, 5.41) is 12.2. The highest BCUT2D eigenvalue weighted by atomic mass is 16.3. The first-order chi connectivity index (χ1) is 13.0. The number of carbonyl (C=O) groups excluding carboxylic acids is 1. The second-order valence-electron chi connectivity index (χ2n) is 7.47. The standard InChI is InChI=1S/C20H29N5O2/c1-24(19(26)5-2-3-9-21)14-20(27)8-4-12-25(15-20)18-7-11-23-17-6-10-22-13-16(17)18/h6-7,10-11,13,27H,2-5,8-9,12,14-15,21H2,1H3. The van der Waals surface area contributed by atoms with Crippen molar-refractivity contribution in [1.82, 2.24) is 14.9 Å². The molecule has 1 unspecified atom stereocenters. The molecule has 3 N–H and O–H groups in total. The van der Waals surface area contributed by atoms with E-state index in [4.69, 9.17) is 5.73 Å². The fourth-order valence-corrected chi connectivity index (χ4v) is 3.84. The van der Waals surface area contributed by atoms with Crippen molar-refractivity contribution in [3.63, 3.8) is 0 Å². The third kappa shape index (κ3) is 4.73. The van der Waals surface area contributed by atoms with E-state index in [-0.39, 0.29) is 5.91 Å². The number of amides is 1. The number of hydrogen-bond donors (Lipinski definition) is 2. The van der Waals surface area contributed by atoms with Crippen molar-refractivity contribution in [3.8, 4) is 0 Å². The molecule has 7 heteroatoms. The molecule has 0 saturated carbocycles. The van der Waals surface area contributed by atoms with Crippen molar-refractivity contribution in [1.29, 1.82) is 0 Å². The van der Waals surface area contributed by atoms with E-state index < -0.39 is 5.60 Å². The summed E-state index contributed by atoms with van der Waals surface area (Å²) in [5.41, 5.74) is 6.49. The Morgan fingerprint density at radius 3 is 3.04 bits per heavy atom. The summed E-state index contributed by atoms with van der Waals surface area (Å²) in [4.78, 5) is 24.8. The van der Waals surface area contributed by atoms with Gasteiger partial charge >= 0.3 is 0 Å². The molecule has 1 aliphatic rings. The van der Waals surface area contributed by atoms with Crippen LogP contribution in [0, 0.1) is 0 Å². The van der Waals surface area contributed by atoms with Crippen molar-refractivity contribution < 1.29 is 9.90 Å². The lowest BCUT2D eigenvalue weighted by Crippen LogP contribution is -2.54. The number of carbonyl (C=O) groups is 1. The first kappa shape index (κ1) is 19.5. The third-order valence-electron chi connectivity index (χ3n) is 5.22. The molecule has 0 aromatic carbocycles. The van der Waals surface area contributed by atoms with Gasteiger partial charge in [0.15, 0.2) is 0 Å². The smallest absolute Gasteiger partial charge is 0.222 e. The molecule has 1 amide bonds. The van der Waals surface area contributed by atoms with Gasteiger partial charge in [-0.2, -0.15) is 0 Å². The van der Waals surface area contributed by atoms with Crippen LogP contribution in [-0.2, 0) is 4.79 Å². The van der Waals surface area contributed by atoms with E-state index in [1.807, 2.05) is 18.3 Å². The zero-order chi connectivity index (χ0) is 19.3. The molecule has 2 aromatic rings. The topological polar surface area (TPSA) is 95.6 Å². The fourth-order valence-electron chi connectivity index (χ4n) is 3.84. The molecule has 7 nitrogen and oxygen atoms in total. The Morgan fingerprint density at radius 2 is 2.22 bits per heavy atom. The van der Waals surface area contributed by atoms with Crippen molar-refractivity contribution >= 4 is 22.5 Å². The molecule has 0 bridgehead atoms. The average molecular weight is 371 g/mol. The summed E-state index contributed by atoms with van der Waals surface area (Å²) in [5.74, 6) is 0.0626. The van der Waals surface area contributed by atoms with Gasteiger partial charge in [0.25, 0.3) is 0 Å². The summed E-state index contributed by atoms with van der Waals surface area (Å²) in [7, 11) is 1.77. The highest BCUT2D eigenvalue weighted by Crippen LogP contribution is 2.30. The van der Waals surface area contributed by atoms with Gasteiger partial charge in [0, 0.05) is 56.2 Å². The van der Waals surface area contributed by atoms with Crippen LogP contribution in [0.5, 0.6) is 0 Å². The number of pyridine rings is 2. The van der Waals surface area contributed by atoms with E-state index in [0.717, 1.165) is 42.4 Å². The first-order valence-electron chi connectivity index (χ1n) is 9.62. The van der Waals surface area contributed by atoms with Gasteiger partial charge in [-0.1, -0.05) is 0 Å². The molecule has 1 saturated heterocycles. The molecular weight excluding hydrogens is 342 g/mol. The van der Waals surface area contributed by atoms with E-state index >= 15 is 0 Å². The zero-order valence-corrected chi connectivity index (χ0v) is 16.0. The SMILES string of the molecule is CN(CC1(O)CCCN(c2ccnc3ccncc23)C1)C(=O)CCCCN. The van der Waals surface area contributed by atoms with E-state index in [2.05, 4.69) is 14.9 Å². The van der Waals surface area contributed by atoms with E-state index in [1.54, 1.807) is 24.3 Å². The Kier molecular flexibility index (Phi) is 6.23. The molecule has 146 valence electrons. The summed E-state index contributed by atoms with van der Waals surface area (Å²) >= 11 is 0. The molecule has 0 aliphatic carbocycles. The Bertz CT molecular complexity index is 779. The molecule has 0 spiro atoms. The number of anilines is 1. The van der Waals surface area contributed by atoms with E-state index in [1.165, 1.54) is 0 Å². The molecular formula is C20H29N5O2. The molecule has 2 aromatic heterocycles. The van der Waals surface area contributed by atoms with Crippen LogP contribution < -0.4 is 10.6 Å². The molecule has 27 heavy (non-hydrogen) atoms. The Labute approximate surface area is 160 Å². The normalized spacial score (nSPS) is 20.0. The van der Waals surface area contributed by atoms with Crippen molar-refractivity contribution in [2.45, 2.75) is 37.7 Å². The zero-order valence-electron chi connectivity index (χ0n) is 16.0. The van der Waals surface area contributed by atoms with Crippen LogP contribution in [0.1, 0.15) is 32.1 Å². The number of hydrogen-bond acceptors (Lipinski definition) is 6. The molecule has 3 heterocycles. The van der Waals surface area contributed by atoms with Crippen molar-refractivity contribution in [3.05, 3.63) is 30.7 Å². The summed E-state index contributed by atoms with van der Waals surface area (Å²) in [6.07, 6.45) is 9.02. The number of piperidine rings is 1. The van der Waals surface area contributed by atoms with Gasteiger partial charge in [0.1, 0.15) is 0 Å². The number of nitrogens with two attached hydrogens (primary N) is 1. The molecule has 3 rings (SSSR count). The molecule has 0 radical (unpaired) electrons. The van der Waals surface area contributed by atoms with Gasteiger partial charge in [0.05, 0.1) is 17.7 Å². The van der Waals surface area contributed by atoms with Gasteiger partial charge in [-0.05, 0) is 44.4 Å². The number of aliphatic hydroxyl groups is 1. The van der Waals surface area contributed by atoms with Gasteiger partial charge in [0.2, 0.25) is 5.91 Å². The summed E-state index contributed by atoms with van der Waals surface area (Å²) < 4.78 is 0. The number of fused-ring (bicyclic) bond motifs is 1. The van der Waals surface area contributed by atoms with Crippen LogP contribution in [0.3, 0.4) is 0 Å². The van der Waals surface area contributed by atoms with Crippen molar-refractivity contribution in [2.75, 3.05) is 38.1 Å². The van der Waals surface area contributed by atoms with Crippen LogP contribution in [0.4, 0.5) is 5.69 Å². The van der Waals surface area contributed by atoms with Crippen molar-refractivity contribution in [2.24, 2.45) is 5.73 Å². The predicted molar refractivity (Wildman–Crippen MR) is 106 cm³/mol. The fraction of sp³-hybridized carbons (Fsp3) is 0.550. The van der Waals surface area contributed by atoms with Crippen LogP contribution in [0.2, 0.25) is 0 Å². The lowest BCUT2D eigenvalue weighted by atomic mass is 9.91. The van der Waals surface area contributed by atoms with Gasteiger partial charge in [-0.25, -0.2) is 0 Å². The average Bonchev–Trinajstić information content (AvgIpc) is 2.67. The number of aromatic nitrogens is 2. The highest BCUT2D eigenvalue weighted by Gasteiger charge is 2.35. The number of rotatable bonds is 7. The Morgan fingerprint density at radius 1 is 1.37 bits per heavy atom. The van der Waals surface area contributed by atoms with Gasteiger partial charge < -0.3 is 20.6 Å². The quantitative estimate of drug-likeness (QED) is 0.717. The second kappa shape index (κ2) is 8.63. The molecule has 1 fully saturated rings. The highest BCUT2D eigenvalue weighted by molar-refractivity contribution is 5.90. The lowest BCUT2D eigenvalue weighted by Gasteiger charge is -2.42. The van der Waals surface area contributed by atoms with E-state index in [9.17, 15) is 9.90 Å². The summed E-state index contributed by atoms with van der Waals surface area (Å²) in [6, 6.07) is 3.86. The third-order valence-corrected chi connectivity index (χ3v) is 5.22. The Hall–Kier alpha value is -2.25. The maximum atomic E-state index is 12.3. The van der Waals surface area contributed by atoms with Crippen LogP contribution >= 0.6 is 0 Å². The van der Waals surface area contributed by atoms with E-state index in [0.29, 0.717) is 32.5 Å². The van der Waals surface area contributed by atoms with Crippen LogP contribution in [-0.4, -0.2) is 64.7 Å². The van der Waals surface area contributed by atoms with Crippen LogP contribution in [0.25, 0.3) is 10.9 Å². The minimum atomic E-state index is -0.922. The van der Waals surface area contributed by atoms with Crippen LogP contribution in [0.15, 0.2) is 30.7 Å². The number of likely N-dealkylation sites (N-methyl/N-ethyl adjacent to an activating group) is 1. The lowest BCUT2D eigenvalue weighted by molar-refractivity contribution is -0.133. The predicted octanol–water partition coefficient (Wildman–Crippen LogP) is 1.55. The number of nitrogens with zero attached hydrogens (tertiary/aromatic N) is 4. The number of unbranched alkanes of at least 4 members (excludes halogenated alkanes) is 1. The summed E-state index contributed by atoms with van der Waals surface area (Å²) in [6.45, 7) is 2.29. The number of β-amino-alcohol motifs (C(OH)–C–C–N with tert-alkyl or cyclic N) is 1. The first-order valence-corrected chi connectivity index (χ1v) is 9.62.